The molecule has 0 spiro atoms. The number of sulfonamides is 1. The molecule has 5 rings (SSSR count). The van der Waals surface area contributed by atoms with E-state index < -0.39 is 10.0 Å². The van der Waals surface area contributed by atoms with Crippen LogP contribution in [0.25, 0.3) is 0 Å². The van der Waals surface area contributed by atoms with E-state index in [2.05, 4.69) is 33.9 Å². The van der Waals surface area contributed by atoms with E-state index in [-0.39, 0.29) is 21.9 Å². The maximum absolute atomic E-state index is 13.5. The van der Waals surface area contributed by atoms with Crippen molar-refractivity contribution in [2.24, 2.45) is 0 Å². The summed E-state index contributed by atoms with van der Waals surface area (Å²) < 4.78 is 29.2. The number of hydrogen-bond acceptors (Lipinski definition) is 4. The highest BCUT2D eigenvalue weighted by Gasteiger charge is 2.29. The van der Waals surface area contributed by atoms with Gasteiger partial charge in [-0.3, -0.25) is 14.4 Å². The van der Waals surface area contributed by atoms with E-state index in [1.165, 1.54) is 23.3 Å². The third-order valence-corrected chi connectivity index (χ3v) is 9.14. The Morgan fingerprint density at radius 1 is 0.800 bits per heavy atom. The first-order valence-electron chi connectivity index (χ1n) is 13.3. The second-order valence-corrected chi connectivity index (χ2v) is 12.2. The number of halogens is 1. The van der Waals surface area contributed by atoms with E-state index in [0.29, 0.717) is 37.4 Å². The number of carbonyl (C=O) groups is 1. The van der Waals surface area contributed by atoms with E-state index in [1.807, 2.05) is 62.4 Å². The number of benzene rings is 4. The molecule has 0 atom stereocenters. The third-order valence-electron chi connectivity index (χ3n) is 7.29. The van der Waals surface area contributed by atoms with Crippen molar-refractivity contribution < 1.29 is 13.2 Å². The second kappa shape index (κ2) is 11.8. The number of rotatable bonds is 7. The summed E-state index contributed by atoms with van der Waals surface area (Å²) in [4.78, 5) is 17.6. The van der Waals surface area contributed by atoms with Gasteiger partial charge < -0.3 is 4.90 Å². The second-order valence-electron chi connectivity index (χ2n) is 10.1. The highest BCUT2D eigenvalue weighted by atomic mass is 35.5. The molecule has 1 N–H and O–H groups in total. The van der Waals surface area contributed by atoms with Crippen LogP contribution in [0.5, 0.6) is 0 Å². The highest BCUT2D eigenvalue weighted by molar-refractivity contribution is 7.92. The van der Waals surface area contributed by atoms with Crippen LogP contribution >= 0.6 is 11.6 Å². The summed E-state index contributed by atoms with van der Waals surface area (Å²) in [7, 11) is -4.01. The molecule has 1 saturated heterocycles. The molecule has 0 unspecified atom stereocenters. The van der Waals surface area contributed by atoms with Gasteiger partial charge in [-0.15, -0.1) is 0 Å². The van der Waals surface area contributed by atoms with Crippen LogP contribution in [0.3, 0.4) is 0 Å². The van der Waals surface area contributed by atoms with Gasteiger partial charge in [0.25, 0.3) is 15.9 Å². The van der Waals surface area contributed by atoms with Crippen LogP contribution in [-0.4, -0.2) is 50.3 Å². The average Bonchev–Trinajstić information content (AvgIpc) is 2.96. The molecule has 1 fully saturated rings. The molecule has 8 heteroatoms. The molecule has 1 aliphatic rings. The van der Waals surface area contributed by atoms with E-state index in [0.717, 1.165) is 11.1 Å². The number of aryl methyl sites for hydroxylation is 2. The van der Waals surface area contributed by atoms with Crippen LogP contribution < -0.4 is 4.72 Å². The fourth-order valence-corrected chi connectivity index (χ4v) is 6.88. The molecule has 0 bridgehead atoms. The van der Waals surface area contributed by atoms with Gasteiger partial charge in [0, 0.05) is 31.7 Å². The van der Waals surface area contributed by atoms with Crippen molar-refractivity contribution in [2.45, 2.75) is 24.8 Å². The van der Waals surface area contributed by atoms with E-state index in [4.69, 9.17) is 11.6 Å². The number of nitrogens with one attached hydrogen (secondary N) is 1. The van der Waals surface area contributed by atoms with Crippen molar-refractivity contribution in [1.82, 2.24) is 9.80 Å². The van der Waals surface area contributed by atoms with Gasteiger partial charge in [-0.25, -0.2) is 8.42 Å². The number of hydrogen-bond donors (Lipinski definition) is 1. The molecule has 0 radical (unpaired) electrons. The zero-order valence-electron chi connectivity index (χ0n) is 22.5. The van der Waals surface area contributed by atoms with Gasteiger partial charge in [-0.05, 0) is 54.8 Å². The number of nitrogens with zero attached hydrogens (tertiary/aromatic N) is 2. The predicted octanol–water partition coefficient (Wildman–Crippen LogP) is 6.31. The van der Waals surface area contributed by atoms with Crippen LogP contribution in [-0.2, 0) is 10.0 Å². The summed E-state index contributed by atoms with van der Waals surface area (Å²) in [5.74, 6) is -0.213. The van der Waals surface area contributed by atoms with Crippen molar-refractivity contribution in [3.63, 3.8) is 0 Å². The Labute approximate surface area is 241 Å². The molecule has 206 valence electrons. The van der Waals surface area contributed by atoms with Gasteiger partial charge in [0.1, 0.15) is 4.90 Å². The molecule has 4 aromatic rings. The number of amides is 1. The van der Waals surface area contributed by atoms with Crippen LogP contribution in [0.4, 0.5) is 5.69 Å². The van der Waals surface area contributed by atoms with Crippen molar-refractivity contribution in [3.8, 4) is 0 Å². The quantitative estimate of drug-likeness (QED) is 0.281. The number of anilines is 1. The van der Waals surface area contributed by atoms with Gasteiger partial charge in [0.15, 0.2) is 0 Å². The van der Waals surface area contributed by atoms with Gasteiger partial charge in [-0.1, -0.05) is 90.0 Å². The summed E-state index contributed by atoms with van der Waals surface area (Å²) in [5, 5.41) is 0.0622. The van der Waals surface area contributed by atoms with Crippen LogP contribution in [0.1, 0.15) is 38.7 Å². The van der Waals surface area contributed by atoms with Gasteiger partial charge >= 0.3 is 0 Å². The van der Waals surface area contributed by atoms with Gasteiger partial charge in [0.2, 0.25) is 0 Å². The molecule has 1 aliphatic heterocycles. The highest BCUT2D eigenvalue weighted by Crippen LogP contribution is 2.31. The molecule has 0 saturated carbocycles. The number of piperazine rings is 1. The first kappa shape index (κ1) is 27.9. The van der Waals surface area contributed by atoms with E-state index >= 15 is 0 Å². The Bertz CT molecular complexity index is 1560. The number of carbonyl (C=O) groups excluding carboxylic acids is 1. The summed E-state index contributed by atoms with van der Waals surface area (Å²) in [6.45, 7) is 6.22. The monoisotopic (exact) mass is 573 g/mol. The summed E-state index contributed by atoms with van der Waals surface area (Å²) in [6.07, 6.45) is 0. The maximum atomic E-state index is 13.5. The lowest BCUT2D eigenvalue weighted by Gasteiger charge is -2.39. The minimum atomic E-state index is -4.01. The molecule has 1 amide bonds. The standard InChI is InChI=1S/C32H32ClN3O3S/c1-23-13-16-29(24(2)21-23)34-40(38,39)30-22-27(14-15-28(30)33)32(37)36-19-17-35(18-20-36)31(25-9-5-3-6-10-25)26-11-7-4-8-12-26/h3-16,21-22,31,34H,17-20H2,1-2H3. The lowest BCUT2D eigenvalue weighted by Crippen LogP contribution is -2.49. The smallest absolute Gasteiger partial charge is 0.263 e. The molecule has 0 aromatic heterocycles. The minimum absolute atomic E-state index is 0.0622. The average molecular weight is 574 g/mol. The fraction of sp³-hybridized carbons (Fsp3) is 0.219. The lowest BCUT2D eigenvalue weighted by molar-refractivity contribution is 0.0597. The van der Waals surface area contributed by atoms with Crippen LogP contribution in [0.2, 0.25) is 5.02 Å². The molecular formula is C32H32ClN3O3S. The molecule has 0 aliphatic carbocycles. The van der Waals surface area contributed by atoms with E-state index in [1.54, 1.807) is 17.0 Å². The molecule has 40 heavy (non-hydrogen) atoms. The Hall–Kier alpha value is -3.65. The Morgan fingerprint density at radius 2 is 1.40 bits per heavy atom. The Morgan fingerprint density at radius 3 is 1.98 bits per heavy atom. The van der Waals surface area contributed by atoms with Crippen molar-refractivity contribution in [3.05, 3.63) is 130 Å². The summed E-state index contributed by atoms with van der Waals surface area (Å²) >= 11 is 6.32. The Balaban J connectivity index is 1.33. The first-order chi connectivity index (χ1) is 19.2. The van der Waals surface area contributed by atoms with Crippen molar-refractivity contribution in [2.75, 3.05) is 30.9 Å². The third kappa shape index (κ3) is 6.07. The normalized spacial score (nSPS) is 14.3. The largest absolute Gasteiger partial charge is 0.336 e. The zero-order valence-corrected chi connectivity index (χ0v) is 24.1. The molecule has 6 nitrogen and oxygen atoms in total. The van der Waals surface area contributed by atoms with Crippen LogP contribution in [0.15, 0.2) is 102 Å². The Kier molecular flexibility index (Phi) is 8.26. The predicted molar refractivity (Wildman–Crippen MR) is 160 cm³/mol. The first-order valence-corrected chi connectivity index (χ1v) is 15.1. The lowest BCUT2D eigenvalue weighted by atomic mass is 9.96. The fourth-order valence-electron chi connectivity index (χ4n) is 5.22. The maximum Gasteiger partial charge on any atom is 0.263 e. The molecular weight excluding hydrogens is 542 g/mol. The summed E-state index contributed by atoms with van der Waals surface area (Å²) in [6, 6.07) is 30.8. The van der Waals surface area contributed by atoms with Crippen molar-refractivity contribution in [1.29, 1.82) is 0 Å². The van der Waals surface area contributed by atoms with Gasteiger partial charge in [-0.2, -0.15) is 0 Å². The zero-order chi connectivity index (χ0) is 28.3. The molecule has 1 heterocycles. The SMILES string of the molecule is Cc1ccc(NS(=O)(=O)c2cc(C(=O)N3CCN(C(c4ccccc4)c4ccccc4)CC3)ccc2Cl)c(C)c1. The summed E-state index contributed by atoms with van der Waals surface area (Å²) in [5.41, 5.74) is 5.01. The topological polar surface area (TPSA) is 69.7 Å². The molecule has 4 aromatic carbocycles. The van der Waals surface area contributed by atoms with Crippen LogP contribution in [0, 0.1) is 13.8 Å². The van der Waals surface area contributed by atoms with Crippen molar-refractivity contribution >= 4 is 33.2 Å². The van der Waals surface area contributed by atoms with Gasteiger partial charge in [0.05, 0.1) is 16.8 Å². The minimum Gasteiger partial charge on any atom is -0.336 e. The van der Waals surface area contributed by atoms with E-state index in [9.17, 15) is 13.2 Å².